The highest BCUT2D eigenvalue weighted by Crippen LogP contribution is 2.46. The minimum atomic E-state index is -1.56. The molecule has 0 saturated heterocycles. The Hall–Kier alpha value is -0.0900. The van der Waals surface area contributed by atoms with E-state index in [1.807, 2.05) is 6.92 Å². The molecule has 0 aliphatic heterocycles. The molecule has 0 fully saturated rings. The number of thioether (sulfide) groups is 1. The van der Waals surface area contributed by atoms with Gasteiger partial charge in [0.05, 0.1) is 5.56 Å². The summed E-state index contributed by atoms with van der Waals surface area (Å²) in [5.41, 5.74) is 1.55. The van der Waals surface area contributed by atoms with Crippen LogP contribution in [0.15, 0.2) is 17.0 Å². The van der Waals surface area contributed by atoms with Crippen LogP contribution >= 0.6 is 46.6 Å². The Balaban J connectivity index is 3.51. The Kier molecular flexibility index (Phi) is 6.52. The van der Waals surface area contributed by atoms with Crippen LogP contribution in [0.25, 0.3) is 0 Å². The van der Waals surface area contributed by atoms with Gasteiger partial charge in [0.2, 0.25) is 3.79 Å². The lowest BCUT2D eigenvalue weighted by molar-refractivity contribution is 0.0695. The van der Waals surface area contributed by atoms with Gasteiger partial charge in [0.15, 0.2) is 0 Å². The standard InChI is InChI=1S/C14H17Cl3O2S/c1-4-8(3)20-12-9(5-2)10(13(18)19)6-7-11(12)14(15,16)17/h6-8H,4-5H2,1-3H3,(H,18,19)/t8-/m0/s1. The Morgan fingerprint density at radius 3 is 2.35 bits per heavy atom. The van der Waals surface area contributed by atoms with Gasteiger partial charge in [-0.1, -0.05) is 61.6 Å². The van der Waals surface area contributed by atoms with E-state index in [-0.39, 0.29) is 5.56 Å². The summed E-state index contributed by atoms with van der Waals surface area (Å²) in [5, 5.41) is 9.61. The summed E-state index contributed by atoms with van der Waals surface area (Å²) in [7, 11) is 0. The van der Waals surface area contributed by atoms with Gasteiger partial charge in [-0.2, -0.15) is 0 Å². The molecule has 0 spiro atoms. The SMILES string of the molecule is CCc1c(C(=O)O)ccc(C(Cl)(Cl)Cl)c1S[C@@H](C)CC. The van der Waals surface area contributed by atoms with Gasteiger partial charge in [-0.05, 0) is 24.5 Å². The zero-order valence-corrected chi connectivity index (χ0v) is 14.6. The minimum absolute atomic E-state index is 0.274. The van der Waals surface area contributed by atoms with Crippen LogP contribution in [0.4, 0.5) is 0 Å². The van der Waals surface area contributed by atoms with Crippen molar-refractivity contribution < 1.29 is 9.90 Å². The van der Waals surface area contributed by atoms with Crippen molar-refractivity contribution >= 4 is 52.5 Å². The third-order valence-electron chi connectivity index (χ3n) is 3.04. The number of carboxylic acid groups (broad SMARTS) is 1. The average molecular weight is 356 g/mol. The molecule has 0 bridgehead atoms. The zero-order valence-electron chi connectivity index (χ0n) is 11.5. The second kappa shape index (κ2) is 7.26. The van der Waals surface area contributed by atoms with E-state index in [4.69, 9.17) is 34.8 Å². The summed E-state index contributed by atoms with van der Waals surface area (Å²) in [6.45, 7) is 6.05. The highest BCUT2D eigenvalue weighted by atomic mass is 35.6. The second-order valence-electron chi connectivity index (χ2n) is 4.46. The molecule has 0 heterocycles. The Bertz CT molecular complexity index is 498. The summed E-state index contributed by atoms with van der Waals surface area (Å²) in [6.07, 6.45) is 1.53. The number of rotatable bonds is 5. The lowest BCUT2D eigenvalue weighted by Gasteiger charge is -2.22. The number of aromatic carboxylic acids is 1. The summed E-state index contributed by atoms with van der Waals surface area (Å²) in [4.78, 5) is 12.1. The monoisotopic (exact) mass is 354 g/mol. The van der Waals surface area contributed by atoms with E-state index in [0.29, 0.717) is 17.2 Å². The fraction of sp³-hybridized carbons (Fsp3) is 0.500. The van der Waals surface area contributed by atoms with Gasteiger partial charge in [0.25, 0.3) is 0 Å². The first-order chi connectivity index (χ1) is 9.22. The predicted octanol–water partition coefficient (Wildman–Crippen LogP) is 5.66. The fourth-order valence-electron chi connectivity index (χ4n) is 1.82. The highest BCUT2D eigenvalue weighted by molar-refractivity contribution is 8.00. The first-order valence-corrected chi connectivity index (χ1v) is 8.36. The third kappa shape index (κ3) is 4.20. The number of hydrogen-bond donors (Lipinski definition) is 1. The predicted molar refractivity (Wildman–Crippen MR) is 87.6 cm³/mol. The average Bonchev–Trinajstić information content (AvgIpc) is 2.36. The molecule has 6 heteroatoms. The number of carboxylic acids is 1. The van der Waals surface area contributed by atoms with Crippen molar-refractivity contribution in [1.29, 1.82) is 0 Å². The molecule has 0 aliphatic rings. The van der Waals surface area contributed by atoms with E-state index >= 15 is 0 Å². The molecule has 20 heavy (non-hydrogen) atoms. The van der Waals surface area contributed by atoms with E-state index in [1.54, 1.807) is 17.8 Å². The van der Waals surface area contributed by atoms with Crippen LogP contribution in [-0.4, -0.2) is 16.3 Å². The summed E-state index contributed by atoms with van der Waals surface area (Å²) < 4.78 is -1.56. The van der Waals surface area contributed by atoms with Crippen molar-refractivity contribution in [3.8, 4) is 0 Å². The van der Waals surface area contributed by atoms with E-state index < -0.39 is 9.76 Å². The van der Waals surface area contributed by atoms with E-state index in [9.17, 15) is 9.90 Å². The van der Waals surface area contributed by atoms with Gasteiger partial charge in [-0.25, -0.2) is 4.79 Å². The van der Waals surface area contributed by atoms with Gasteiger partial charge >= 0.3 is 5.97 Å². The van der Waals surface area contributed by atoms with Crippen LogP contribution in [0.3, 0.4) is 0 Å². The zero-order chi connectivity index (χ0) is 15.5. The second-order valence-corrected chi connectivity index (χ2v) is 8.19. The minimum Gasteiger partial charge on any atom is -0.478 e. The van der Waals surface area contributed by atoms with Gasteiger partial charge in [-0.3, -0.25) is 0 Å². The highest BCUT2D eigenvalue weighted by Gasteiger charge is 2.30. The van der Waals surface area contributed by atoms with Gasteiger partial charge in [-0.15, -0.1) is 11.8 Å². The van der Waals surface area contributed by atoms with Crippen LogP contribution in [0.2, 0.25) is 0 Å². The molecule has 0 saturated carbocycles. The number of hydrogen-bond acceptors (Lipinski definition) is 2. The van der Waals surface area contributed by atoms with Crippen LogP contribution in [0.1, 0.15) is 48.7 Å². The van der Waals surface area contributed by atoms with Crippen molar-refractivity contribution in [2.75, 3.05) is 0 Å². The number of alkyl halides is 3. The Morgan fingerprint density at radius 1 is 1.35 bits per heavy atom. The topological polar surface area (TPSA) is 37.3 Å². The first-order valence-electron chi connectivity index (χ1n) is 6.35. The number of carbonyl (C=O) groups is 1. The summed E-state index contributed by atoms with van der Waals surface area (Å²) in [5.74, 6) is -0.955. The van der Waals surface area contributed by atoms with Crippen molar-refractivity contribution in [2.45, 2.75) is 47.6 Å². The maximum Gasteiger partial charge on any atom is 0.336 e. The quantitative estimate of drug-likeness (QED) is 0.546. The molecule has 0 aliphatic carbocycles. The van der Waals surface area contributed by atoms with Gasteiger partial charge in [0, 0.05) is 15.7 Å². The lowest BCUT2D eigenvalue weighted by Crippen LogP contribution is -2.11. The lowest BCUT2D eigenvalue weighted by atomic mass is 10.0. The maximum atomic E-state index is 11.3. The molecule has 1 atom stereocenters. The molecule has 1 aromatic carbocycles. The molecule has 1 aromatic rings. The maximum absolute atomic E-state index is 11.3. The molecule has 0 aromatic heterocycles. The molecular formula is C14H17Cl3O2S. The molecule has 0 unspecified atom stereocenters. The van der Waals surface area contributed by atoms with E-state index in [1.165, 1.54) is 6.07 Å². The van der Waals surface area contributed by atoms with Crippen molar-refractivity contribution in [1.82, 2.24) is 0 Å². The van der Waals surface area contributed by atoms with Crippen molar-refractivity contribution in [2.24, 2.45) is 0 Å². The smallest absolute Gasteiger partial charge is 0.336 e. The fourth-order valence-corrected chi connectivity index (χ4v) is 3.78. The van der Waals surface area contributed by atoms with Gasteiger partial charge < -0.3 is 5.11 Å². The summed E-state index contributed by atoms with van der Waals surface area (Å²) >= 11 is 19.6. The van der Waals surface area contributed by atoms with Crippen LogP contribution in [0.5, 0.6) is 0 Å². The summed E-state index contributed by atoms with van der Waals surface area (Å²) in [6, 6.07) is 3.11. The Morgan fingerprint density at radius 2 is 1.95 bits per heavy atom. The van der Waals surface area contributed by atoms with Gasteiger partial charge in [0.1, 0.15) is 0 Å². The molecule has 2 nitrogen and oxygen atoms in total. The molecule has 1 N–H and O–H groups in total. The number of benzene rings is 1. The molecule has 112 valence electrons. The molecular weight excluding hydrogens is 339 g/mol. The molecule has 0 amide bonds. The first kappa shape index (κ1) is 18.0. The third-order valence-corrected chi connectivity index (χ3v) is 5.09. The van der Waals surface area contributed by atoms with Crippen LogP contribution in [0, 0.1) is 0 Å². The normalized spacial score (nSPS) is 13.3. The molecule has 1 rings (SSSR count). The van der Waals surface area contributed by atoms with E-state index in [0.717, 1.165) is 16.9 Å². The van der Waals surface area contributed by atoms with Crippen molar-refractivity contribution in [3.05, 3.63) is 28.8 Å². The molecule has 0 radical (unpaired) electrons. The van der Waals surface area contributed by atoms with E-state index in [2.05, 4.69) is 13.8 Å². The van der Waals surface area contributed by atoms with Crippen LogP contribution in [-0.2, 0) is 10.2 Å². The van der Waals surface area contributed by atoms with Crippen LogP contribution < -0.4 is 0 Å². The Labute approximate surface area is 138 Å². The number of halogens is 3. The van der Waals surface area contributed by atoms with Crippen molar-refractivity contribution in [3.63, 3.8) is 0 Å². The largest absolute Gasteiger partial charge is 0.478 e.